The fraction of sp³-hybridized carbons (Fsp3) is 0.188. The number of hydrogen-bond acceptors (Lipinski definition) is 4. The van der Waals surface area contributed by atoms with E-state index in [1.54, 1.807) is 6.07 Å². The Morgan fingerprint density at radius 1 is 1.29 bits per heavy atom. The molecule has 3 aromatic rings. The summed E-state index contributed by atoms with van der Waals surface area (Å²) in [4.78, 5) is 34.0. The molecule has 124 valence electrons. The topological polar surface area (TPSA) is 90.6 Å². The van der Waals surface area contributed by atoms with Gasteiger partial charge in [-0.05, 0) is 43.7 Å². The van der Waals surface area contributed by atoms with Gasteiger partial charge >= 0.3 is 0 Å². The normalized spacial score (nSPS) is 11.0. The lowest BCUT2D eigenvalue weighted by Gasteiger charge is -2.07. The molecule has 8 heteroatoms. The minimum atomic E-state index is -0.237. The van der Waals surface area contributed by atoms with Crippen molar-refractivity contribution in [3.05, 3.63) is 50.3 Å². The average Bonchev–Trinajstić information content (AvgIpc) is 2.90. The van der Waals surface area contributed by atoms with Gasteiger partial charge in [0.2, 0.25) is 5.91 Å². The fourth-order valence-corrected chi connectivity index (χ4v) is 3.17. The fourth-order valence-electron chi connectivity index (χ4n) is 2.25. The molecule has 2 aromatic heterocycles. The molecule has 0 radical (unpaired) electrons. The van der Waals surface area contributed by atoms with Crippen molar-refractivity contribution in [3.8, 4) is 0 Å². The van der Waals surface area contributed by atoms with Gasteiger partial charge in [0.15, 0.2) is 5.16 Å². The minimum Gasteiger partial charge on any atom is -0.353 e. The van der Waals surface area contributed by atoms with E-state index in [4.69, 9.17) is 0 Å². The predicted molar refractivity (Wildman–Crippen MR) is 99.7 cm³/mol. The number of nitrogens with zero attached hydrogens (tertiary/aromatic N) is 1. The third-order valence-corrected chi connectivity index (χ3v) is 5.15. The number of nitrogens with one attached hydrogen (secondary N) is 3. The standard InChI is InChI=1S/C16H15BrN4O2S/c1-8-5-10(3-4-11(8)17)19-13(22)7-24-16-20-12-6-9(2)18-14(12)15(23)21-16/h3-6,18H,7H2,1-2H3,(H,19,22)(H,20,21,23). The average molecular weight is 407 g/mol. The number of amides is 1. The van der Waals surface area contributed by atoms with Gasteiger partial charge in [0.05, 0.1) is 11.3 Å². The van der Waals surface area contributed by atoms with E-state index in [-0.39, 0.29) is 17.2 Å². The number of fused-ring (bicyclic) bond motifs is 1. The Kier molecular flexibility index (Phi) is 4.77. The third-order valence-electron chi connectivity index (χ3n) is 3.38. The summed E-state index contributed by atoms with van der Waals surface area (Å²) in [5.74, 6) is 0.00202. The van der Waals surface area contributed by atoms with Gasteiger partial charge in [-0.25, -0.2) is 4.98 Å². The Balaban J connectivity index is 1.67. The molecule has 6 nitrogen and oxygen atoms in total. The van der Waals surface area contributed by atoms with E-state index in [0.29, 0.717) is 16.2 Å². The summed E-state index contributed by atoms with van der Waals surface area (Å²) in [6.07, 6.45) is 0. The van der Waals surface area contributed by atoms with E-state index in [1.165, 1.54) is 11.8 Å². The lowest BCUT2D eigenvalue weighted by atomic mass is 10.2. The lowest BCUT2D eigenvalue weighted by Crippen LogP contribution is -2.15. The lowest BCUT2D eigenvalue weighted by molar-refractivity contribution is -0.113. The molecule has 0 fully saturated rings. The molecule has 0 saturated heterocycles. The van der Waals surface area contributed by atoms with Gasteiger partial charge in [-0.15, -0.1) is 0 Å². The zero-order valence-corrected chi connectivity index (χ0v) is 15.5. The summed E-state index contributed by atoms with van der Waals surface area (Å²) in [6, 6.07) is 7.41. The molecule has 2 heterocycles. The number of carbonyl (C=O) groups is 1. The minimum absolute atomic E-state index is 0.158. The molecule has 0 atom stereocenters. The highest BCUT2D eigenvalue weighted by molar-refractivity contribution is 9.10. The first kappa shape index (κ1) is 16.8. The summed E-state index contributed by atoms with van der Waals surface area (Å²) in [5.41, 5.74) is 3.46. The van der Waals surface area contributed by atoms with E-state index in [2.05, 4.69) is 36.2 Å². The zero-order valence-electron chi connectivity index (χ0n) is 13.1. The monoisotopic (exact) mass is 406 g/mol. The number of hydrogen-bond donors (Lipinski definition) is 3. The highest BCUT2D eigenvalue weighted by Crippen LogP contribution is 2.21. The van der Waals surface area contributed by atoms with E-state index >= 15 is 0 Å². The van der Waals surface area contributed by atoms with Gasteiger partial charge in [0.25, 0.3) is 5.56 Å². The van der Waals surface area contributed by atoms with Crippen LogP contribution in [-0.4, -0.2) is 26.6 Å². The smallest absolute Gasteiger partial charge is 0.275 e. The first-order valence-electron chi connectivity index (χ1n) is 7.21. The molecule has 0 aliphatic rings. The summed E-state index contributed by atoms with van der Waals surface area (Å²) < 4.78 is 0.992. The number of carbonyl (C=O) groups excluding carboxylic acids is 1. The predicted octanol–water partition coefficient (Wildman–Crippen LogP) is 3.36. The molecule has 24 heavy (non-hydrogen) atoms. The zero-order chi connectivity index (χ0) is 17.3. The van der Waals surface area contributed by atoms with Gasteiger partial charge in [0.1, 0.15) is 5.52 Å². The molecule has 1 aromatic carbocycles. The van der Waals surface area contributed by atoms with Crippen molar-refractivity contribution in [1.82, 2.24) is 15.0 Å². The van der Waals surface area contributed by atoms with Crippen molar-refractivity contribution < 1.29 is 4.79 Å². The Labute approximate surface area is 150 Å². The van der Waals surface area contributed by atoms with E-state index in [0.717, 1.165) is 21.4 Å². The summed E-state index contributed by atoms with van der Waals surface area (Å²) in [6.45, 7) is 3.82. The second-order valence-electron chi connectivity index (χ2n) is 5.38. The molecule has 1 amide bonds. The maximum absolute atomic E-state index is 12.1. The Morgan fingerprint density at radius 2 is 2.08 bits per heavy atom. The highest BCUT2D eigenvalue weighted by Gasteiger charge is 2.09. The Morgan fingerprint density at radius 3 is 2.83 bits per heavy atom. The number of H-pyrrole nitrogens is 2. The van der Waals surface area contributed by atoms with Crippen LogP contribution in [-0.2, 0) is 4.79 Å². The first-order chi connectivity index (χ1) is 11.4. The van der Waals surface area contributed by atoms with Gasteiger partial charge in [-0.2, -0.15) is 0 Å². The maximum Gasteiger partial charge on any atom is 0.275 e. The number of aryl methyl sites for hydroxylation is 2. The van der Waals surface area contributed by atoms with Crippen LogP contribution in [0, 0.1) is 13.8 Å². The highest BCUT2D eigenvalue weighted by atomic mass is 79.9. The van der Waals surface area contributed by atoms with Crippen LogP contribution >= 0.6 is 27.7 Å². The van der Waals surface area contributed by atoms with Crippen molar-refractivity contribution >= 4 is 50.3 Å². The summed E-state index contributed by atoms with van der Waals surface area (Å²) in [5, 5.41) is 3.25. The van der Waals surface area contributed by atoms with Crippen LogP contribution in [0.15, 0.2) is 38.7 Å². The van der Waals surface area contributed by atoms with Gasteiger partial charge in [0, 0.05) is 15.9 Å². The van der Waals surface area contributed by atoms with E-state index in [9.17, 15) is 9.59 Å². The molecule has 0 unspecified atom stereocenters. The van der Waals surface area contributed by atoms with E-state index < -0.39 is 0 Å². The van der Waals surface area contributed by atoms with Gasteiger partial charge in [-0.3, -0.25) is 14.6 Å². The maximum atomic E-state index is 12.1. The molecule has 0 bridgehead atoms. The number of anilines is 1. The number of rotatable bonds is 4. The molecular formula is C16H15BrN4O2S. The van der Waals surface area contributed by atoms with Gasteiger partial charge in [-0.1, -0.05) is 27.7 Å². The number of benzene rings is 1. The molecule has 0 spiro atoms. The summed E-state index contributed by atoms with van der Waals surface area (Å²) >= 11 is 4.62. The van der Waals surface area contributed by atoms with Crippen LogP contribution < -0.4 is 10.9 Å². The van der Waals surface area contributed by atoms with Gasteiger partial charge < -0.3 is 10.3 Å². The van der Waals surface area contributed by atoms with Crippen molar-refractivity contribution in [3.63, 3.8) is 0 Å². The number of halogens is 1. The Bertz CT molecular complexity index is 980. The molecule has 0 saturated carbocycles. The largest absolute Gasteiger partial charge is 0.353 e. The van der Waals surface area contributed by atoms with Crippen molar-refractivity contribution in [2.24, 2.45) is 0 Å². The quantitative estimate of drug-likeness (QED) is 0.457. The second-order valence-corrected chi connectivity index (χ2v) is 7.20. The van der Waals surface area contributed by atoms with Crippen LogP contribution in [0.2, 0.25) is 0 Å². The Hall–Kier alpha value is -2.06. The summed E-state index contributed by atoms with van der Waals surface area (Å²) in [7, 11) is 0. The molecule has 3 N–H and O–H groups in total. The van der Waals surface area contributed by atoms with Crippen LogP contribution in [0.1, 0.15) is 11.3 Å². The van der Waals surface area contributed by atoms with E-state index in [1.807, 2.05) is 32.0 Å². The number of thioether (sulfide) groups is 1. The SMILES string of the molecule is Cc1cc2nc(SCC(=O)Nc3ccc(Br)c(C)c3)[nH]c(=O)c2[nH]1. The number of aromatic nitrogens is 3. The van der Waals surface area contributed by atoms with Crippen LogP contribution in [0.25, 0.3) is 11.0 Å². The van der Waals surface area contributed by atoms with Crippen LogP contribution in [0.4, 0.5) is 5.69 Å². The van der Waals surface area contributed by atoms with Crippen molar-refractivity contribution in [2.75, 3.05) is 11.1 Å². The first-order valence-corrected chi connectivity index (χ1v) is 8.98. The molecular weight excluding hydrogens is 392 g/mol. The molecule has 3 rings (SSSR count). The third kappa shape index (κ3) is 3.70. The number of aromatic amines is 2. The van der Waals surface area contributed by atoms with Crippen molar-refractivity contribution in [2.45, 2.75) is 19.0 Å². The van der Waals surface area contributed by atoms with Crippen molar-refractivity contribution in [1.29, 1.82) is 0 Å². The second kappa shape index (κ2) is 6.82. The van der Waals surface area contributed by atoms with Crippen LogP contribution in [0.3, 0.4) is 0 Å². The molecule has 0 aliphatic heterocycles. The van der Waals surface area contributed by atoms with Crippen LogP contribution in [0.5, 0.6) is 0 Å². The molecule has 0 aliphatic carbocycles.